The van der Waals surface area contributed by atoms with Gasteiger partial charge in [-0.2, -0.15) is 5.26 Å². The fourth-order valence-electron chi connectivity index (χ4n) is 3.23. The minimum atomic E-state index is 0.317. The molecule has 7 heteroatoms. The van der Waals surface area contributed by atoms with Crippen LogP contribution < -0.4 is 14.2 Å². The molecule has 1 heterocycles. The molecular formula is C25H20ClN3O3. The SMILES string of the molecule is COc1ccc2nc(/C(C#N)=C\c3ccc(OCc4ccccc4Cl)c(OC)c3)[nH]c2c1. The molecule has 1 aromatic heterocycles. The smallest absolute Gasteiger partial charge is 0.161 e. The van der Waals surface area contributed by atoms with Gasteiger partial charge in [-0.05, 0) is 42.0 Å². The number of ether oxygens (including phenoxy) is 3. The Morgan fingerprint density at radius 1 is 1.06 bits per heavy atom. The first-order valence-electron chi connectivity index (χ1n) is 9.81. The quantitative estimate of drug-likeness (QED) is 0.359. The lowest BCUT2D eigenvalue weighted by molar-refractivity contribution is 0.284. The van der Waals surface area contributed by atoms with Gasteiger partial charge in [0, 0.05) is 16.7 Å². The van der Waals surface area contributed by atoms with Crippen LogP contribution in [-0.2, 0) is 6.61 Å². The molecular weight excluding hydrogens is 426 g/mol. The molecule has 160 valence electrons. The lowest BCUT2D eigenvalue weighted by atomic mass is 10.1. The van der Waals surface area contributed by atoms with Gasteiger partial charge in [-0.15, -0.1) is 0 Å². The van der Waals surface area contributed by atoms with Crippen molar-refractivity contribution in [2.24, 2.45) is 0 Å². The fourth-order valence-corrected chi connectivity index (χ4v) is 3.42. The number of nitrogens with one attached hydrogen (secondary N) is 1. The van der Waals surface area contributed by atoms with Crippen molar-refractivity contribution in [3.8, 4) is 23.3 Å². The second-order valence-electron chi connectivity index (χ2n) is 6.93. The Bertz CT molecular complexity index is 1340. The van der Waals surface area contributed by atoms with Gasteiger partial charge >= 0.3 is 0 Å². The molecule has 0 saturated heterocycles. The molecule has 0 radical (unpaired) electrons. The van der Waals surface area contributed by atoms with E-state index in [9.17, 15) is 5.26 Å². The number of halogens is 1. The van der Waals surface area contributed by atoms with E-state index in [1.807, 2.05) is 54.6 Å². The van der Waals surface area contributed by atoms with Crippen LogP contribution in [0.25, 0.3) is 22.7 Å². The summed E-state index contributed by atoms with van der Waals surface area (Å²) in [6, 6.07) is 20.7. The molecule has 0 aliphatic heterocycles. The minimum Gasteiger partial charge on any atom is -0.497 e. The first-order chi connectivity index (χ1) is 15.6. The van der Waals surface area contributed by atoms with Crippen molar-refractivity contribution in [2.75, 3.05) is 14.2 Å². The normalized spacial score (nSPS) is 11.2. The predicted octanol–water partition coefficient (Wildman–Crippen LogP) is 5.88. The lowest BCUT2D eigenvalue weighted by Gasteiger charge is -2.12. The van der Waals surface area contributed by atoms with Crippen molar-refractivity contribution >= 4 is 34.3 Å². The van der Waals surface area contributed by atoms with E-state index < -0.39 is 0 Å². The van der Waals surface area contributed by atoms with Gasteiger partial charge in [0.2, 0.25) is 0 Å². The van der Waals surface area contributed by atoms with Crippen molar-refractivity contribution in [3.63, 3.8) is 0 Å². The van der Waals surface area contributed by atoms with Crippen LogP contribution in [0.2, 0.25) is 5.02 Å². The molecule has 3 aromatic carbocycles. The van der Waals surface area contributed by atoms with Crippen molar-refractivity contribution in [1.82, 2.24) is 9.97 Å². The van der Waals surface area contributed by atoms with Crippen molar-refractivity contribution < 1.29 is 14.2 Å². The Kier molecular flexibility index (Phi) is 6.29. The van der Waals surface area contributed by atoms with E-state index in [0.717, 1.165) is 22.2 Å². The van der Waals surface area contributed by atoms with Crippen LogP contribution in [0.1, 0.15) is 17.0 Å². The highest BCUT2D eigenvalue weighted by atomic mass is 35.5. The standard InChI is InChI=1S/C25H20ClN3O3/c1-30-19-8-9-21-22(13-19)29-25(28-21)18(14-27)11-16-7-10-23(24(12-16)31-2)32-15-17-5-3-4-6-20(17)26/h3-13H,15H2,1-2H3,(H,28,29)/b18-11-. The Morgan fingerprint density at radius 2 is 1.91 bits per heavy atom. The Balaban J connectivity index is 1.59. The number of methoxy groups -OCH3 is 2. The number of allylic oxidation sites excluding steroid dienone is 1. The summed E-state index contributed by atoms with van der Waals surface area (Å²) in [6.07, 6.45) is 1.75. The highest BCUT2D eigenvalue weighted by molar-refractivity contribution is 6.31. The van der Waals surface area contributed by atoms with Gasteiger partial charge in [-0.1, -0.05) is 35.9 Å². The summed E-state index contributed by atoms with van der Waals surface area (Å²) < 4.78 is 16.6. The molecule has 0 unspecified atom stereocenters. The zero-order valence-electron chi connectivity index (χ0n) is 17.6. The molecule has 4 rings (SSSR count). The summed E-state index contributed by atoms with van der Waals surface area (Å²) in [5.74, 6) is 2.33. The van der Waals surface area contributed by atoms with E-state index in [4.69, 9.17) is 25.8 Å². The van der Waals surface area contributed by atoms with Gasteiger partial charge in [-0.3, -0.25) is 0 Å². The highest BCUT2D eigenvalue weighted by Crippen LogP contribution is 2.31. The topological polar surface area (TPSA) is 80.2 Å². The molecule has 4 aromatic rings. The number of aromatic amines is 1. The number of fused-ring (bicyclic) bond motifs is 1. The number of hydrogen-bond donors (Lipinski definition) is 1. The van der Waals surface area contributed by atoms with Crippen molar-refractivity contribution in [2.45, 2.75) is 6.61 Å². The van der Waals surface area contributed by atoms with Gasteiger partial charge < -0.3 is 19.2 Å². The summed E-state index contributed by atoms with van der Waals surface area (Å²) in [4.78, 5) is 7.69. The number of aromatic nitrogens is 2. The Hall–Kier alpha value is -3.95. The highest BCUT2D eigenvalue weighted by Gasteiger charge is 2.11. The van der Waals surface area contributed by atoms with E-state index in [1.165, 1.54) is 0 Å². The average Bonchev–Trinajstić information content (AvgIpc) is 3.25. The van der Waals surface area contributed by atoms with Crippen LogP contribution in [-0.4, -0.2) is 24.2 Å². The molecule has 1 N–H and O–H groups in total. The van der Waals surface area contributed by atoms with Gasteiger partial charge in [0.25, 0.3) is 0 Å². The molecule has 32 heavy (non-hydrogen) atoms. The zero-order chi connectivity index (χ0) is 22.5. The maximum atomic E-state index is 9.71. The Labute approximate surface area is 190 Å². The average molecular weight is 446 g/mol. The van der Waals surface area contributed by atoms with E-state index in [2.05, 4.69) is 16.0 Å². The number of nitrogens with zero attached hydrogens (tertiary/aromatic N) is 2. The first kappa shape index (κ1) is 21.3. The summed E-state index contributed by atoms with van der Waals surface area (Å²) in [6.45, 7) is 0.317. The fraction of sp³-hybridized carbons (Fsp3) is 0.120. The summed E-state index contributed by atoms with van der Waals surface area (Å²) in [5.41, 5.74) is 3.60. The third kappa shape index (κ3) is 4.53. The third-order valence-corrected chi connectivity index (χ3v) is 5.27. The number of H-pyrrole nitrogens is 1. The summed E-state index contributed by atoms with van der Waals surface area (Å²) in [5, 5.41) is 10.4. The number of imidazole rings is 1. The monoisotopic (exact) mass is 445 g/mol. The van der Waals surface area contributed by atoms with Gasteiger partial charge in [-0.25, -0.2) is 4.98 Å². The minimum absolute atomic E-state index is 0.317. The molecule has 0 aliphatic rings. The lowest BCUT2D eigenvalue weighted by Crippen LogP contribution is -1.98. The van der Waals surface area contributed by atoms with E-state index in [-0.39, 0.29) is 0 Å². The number of hydrogen-bond acceptors (Lipinski definition) is 5. The molecule has 0 spiro atoms. The van der Waals surface area contributed by atoms with Crippen LogP contribution >= 0.6 is 11.6 Å². The second-order valence-corrected chi connectivity index (χ2v) is 7.34. The van der Waals surface area contributed by atoms with Gasteiger partial charge in [0.05, 0.1) is 30.8 Å². The summed E-state index contributed by atoms with van der Waals surface area (Å²) >= 11 is 6.20. The molecule has 0 atom stereocenters. The van der Waals surface area contributed by atoms with Crippen LogP contribution in [0.4, 0.5) is 0 Å². The summed E-state index contributed by atoms with van der Waals surface area (Å²) in [7, 11) is 3.18. The van der Waals surface area contributed by atoms with Crippen LogP contribution in [0.15, 0.2) is 60.7 Å². The first-order valence-corrected chi connectivity index (χ1v) is 10.2. The molecule has 0 saturated carbocycles. The van der Waals surface area contributed by atoms with E-state index in [1.54, 1.807) is 26.4 Å². The van der Waals surface area contributed by atoms with E-state index in [0.29, 0.717) is 40.3 Å². The van der Waals surface area contributed by atoms with Gasteiger partial charge in [0.15, 0.2) is 11.5 Å². The molecule has 0 amide bonds. The predicted molar refractivity (Wildman–Crippen MR) is 125 cm³/mol. The number of rotatable bonds is 7. The molecule has 0 bridgehead atoms. The van der Waals surface area contributed by atoms with Crippen LogP contribution in [0, 0.1) is 11.3 Å². The largest absolute Gasteiger partial charge is 0.497 e. The number of nitriles is 1. The van der Waals surface area contributed by atoms with Crippen molar-refractivity contribution in [3.05, 3.63) is 82.6 Å². The van der Waals surface area contributed by atoms with Crippen LogP contribution in [0.5, 0.6) is 17.2 Å². The third-order valence-electron chi connectivity index (χ3n) is 4.90. The van der Waals surface area contributed by atoms with Crippen molar-refractivity contribution in [1.29, 1.82) is 5.26 Å². The maximum absolute atomic E-state index is 9.71. The number of benzene rings is 3. The van der Waals surface area contributed by atoms with Gasteiger partial charge in [0.1, 0.15) is 24.3 Å². The second kappa shape index (κ2) is 9.46. The maximum Gasteiger partial charge on any atom is 0.161 e. The molecule has 6 nitrogen and oxygen atoms in total. The molecule has 0 fully saturated rings. The van der Waals surface area contributed by atoms with Crippen LogP contribution in [0.3, 0.4) is 0 Å². The zero-order valence-corrected chi connectivity index (χ0v) is 18.3. The van der Waals surface area contributed by atoms with E-state index >= 15 is 0 Å². The Morgan fingerprint density at radius 3 is 2.66 bits per heavy atom. The molecule has 0 aliphatic carbocycles.